The molecule has 1 aliphatic heterocycles. The molecular weight excluding hydrogens is 250 g/mol. The number of benzene rings is 1. The average molecular weight is 276 g/mol. The Morgan fingerprint density at radius 2 is 2.00 bits per heavy atom. The molecule has 1 aromatic carbocycles. The summed E-state index contributed by atoms with van der Waals surface area (Å²) < 4.78 is 0.439. The van der Waals surface area contributed by atoms with Crippen LogP contribution in [0.25, 0.3) is 0 Å². The number of hydrogen-bond donors (Lipinski definition) is 0. The molecule has 0 bridgehead atoms. The van der Waals surface area contributed by atoms with E-state index < -0.39 is 0 Å². The lowest BCUT2D eigenvalue weighted by Gasteiger charge is -2.41. The van der Waals surface area contributed by atoms with Crippen LogP contribution < -0.4 is 0 Å². The van der Waals surface area contributed by atoms with Crippen LogP contribution in [0, 0.1) is 5.92 Å². The first-order valence-corrected chi connectivity index (χ1v) is 7.70. The molecule has 1 aromatic rings. The number of nitrogens with zero attached hydrogens (tertiary/aromatic N) is 1. The molecule has 0 radical (unpaired) electrons. The molecule has 110 valence electrons. The maximum atomic E-state index is 11.6. The third-order valence-electron chi connectivity index (χ3n) is 4.47. The average Bonchev–Trinajstić information content (AvgIpc) is 2.47. The summed E-state index contributed by atoms with van der Waals surface area (Å²) in [7, 11) is 2.04. The molecule has 0 saturated carbocycles. The van der Waals surface area contributed by atoms with Gasteiger partial charge in [0.05, 0.1) is 0 Å². The van der Waals surface area contributed by atoms with E-state index in [0.717, 1.165) is 25.9 Å². The van der Waals surface area contributed by atoms with E-state index in [4.69, 9.17) is 4.84 Å². The highest BCUT2D eigenvalue weighted by Gasteiger charge is 2.40. The van der Waals surface area contributed by atoms with E-state index in [1.165, 1.54) is 5.56 Å². The summed E-state index contributed by atoms with van der Waals surface area (Å²) in [6.07, 6.45) is 2.65. The summed E-state index contributed by atoms with van der Waals surface area (Å²) in [5, 5.41) is 0. The number of hydroxylamine groups is 3. The van der Waals surface area contributed by atoms with E-state index >= 15 is 0 Å². The first-order chi connectivity index (χ1) is 9.58. The summed E-state index contributed by atoms with van der Waals surface area (Å²) in [4.78, 5) is 17.2. The van der Waals surface area contributed by atoms with E-state index in [9.17, 15) is 4.79 Å². The van der Waals surface area contributed by atoms with E-state index in [1.807, 2.05) is 14.0 Å². The van der Waals surface area contributed by atoms with Crippen molar-refractivity contribution in [3.8, 4) is 0 Å². The molecular formula is C17H26NO2+. The molecule has 0 amide bonds. The van der Waals surface area contributed by atoms with Gasteiger partial charge in [-0.25, -0.2) is 4.79 Å². The first kappa shape index (κ1) is 15.0. The molecule has 3 atom stereocenters. The minimum absolute atomic E-state index is 0.0967. The molecule has 1 aliphatic rings. The SMILES string of the molecule is CCC(=O)O[N+]1(C)CC[C@@H](c2ccccc2)[C@@H](CC)C1. The second-order valence-corrected chi connectivity index (χ2v) is 5.99. The second-order valence-electron chi connectivity index (χ2n) is 5.99. The van der Waals surface area contributed by atoms with Crippen molar-refractivity contribution in [3.05, 3.63) is 35.9 Å². The van der Waals surface area contributed by atoms with E-state index in [0.29, 0.717) is 22.9 Å². The molecule has 0 spiro atoms. The summed E-state index contributed by atoms with van der Waals surface area (Å²) >= 11 is 0. The van der Waals surface area contributed by atoms with Gasteiger partial charge in [0.25, 0.3) is 0 Å². The van der Waals surface area contributed by atoms with Crippen LogP contribution in [0.3, 0.4) is 0 Å². The van der Waals surface area contributed by atoms with Gasteiger partial charge in [0.1, 0.15) is 20.1 Å². The van der Waals surface area contributed by atoms with Crippen LogP contribution in [0.1, 0.15) is 44.6 Å². The maximum Gasteiger partial charge on any atom is 0.366 e. The monoisotopic (exact) mass is 276 g/mol. The zero-order valence-electron chi connectivity index (χ0n) is 12.8. The molecule has 0 aromatic heterocycles. The molecule has 1 saturated heterocycles. The highest BCUT2D eigenvalue weighted by atomic mass is 16.7. The third-order valence-corrected chi connectivity index (χ3v) is 4.47. The fourth-order valence-electron chi connectivity index (χ4n) is 3.31. The Labute approximate surface area is 122 Å². The number of rotatable bonds is 4. The van der Waals surface area contributed by atoms with Gasteiger partial charge in [-0.2, -0.15) is 0 Å². The van der Waals surface area contributed by atoms with Gasteiger partial charge in [0.2, 0.25) is 0 Å². The van der Waals surface area contributed by atoms with Crippen LogP contribution in [0.4, 0.5) is 0 Å². The maximum absolute atomic E-state index is 11.6. The van der Waals surface area contributed by atoms with Crippen molar-refractivity contribution in [2.75, 3.05) is 20.1 Å². The van der Waals surface area contributed by atoms with Gasteiger partial charge in [0.15, 0.2) is 0 Å². The summed E-state index contributed by atoms with van der Waals surface area (Å²) in [5.41, 5.74) is 1.42. The lowest BCUT2D eigenvalue weighted by Crippen LogP contribution is -2.53. The normalized spacial score (nSPS) is 29.9. The minimum atomic E-state index is -0.0967. The summed E-state index contributed by atoms with van der Waals surface area (Å²) in [5.74, 6) is 1.06. The van der Waals surface area contributed by atoms with Gasteiger partial charge < -0.3 is 0 Å². The second kappa shape index (κ2) is 6.40. The Morgan fingerprint density at radius 3 is 2.60 bits per heavy atom. The fourth-order valence-corrected chi connectivity index (χ4v) is 3.31. The largest absolute Gasteiger partial charge is 0.366 e. The predicted octanol–water partition coefficient (Wildman–Crippen LogP) is 3.51. The topological polar surface area (TPSA) is 26.3 Å². The van der Waals surface area contributed by atoms with Gasteiger partial charge in [0, 0.05) is 18.8 Å². The molecule has 0 aliphatic carbocycles. The Bertz CT molecular complexity index is 446. The van der Waals surface area contributed by atoms with Crippen molar-refractivity contribution in [2.24, 2.45) is 5.92 Å². The lowest BCUT2D eigenvalue weighted by molar-refractivity contribution is -1.08. The Hall–Kier alpha value is -1.35. The minimum Gasteiger partial charge on any atom is -0.277 e. The fraction of sp³-hybridized carbons (Fsp3) is 0.588. The molecule has 1 unspecified atom stereocenters. The van der Waals surface area contributed by atoms with Crippen molar-refractivity contribution in [3.63, 3.8) is 0 Å². The van der Waals surface area contributed by atoms with E-state index in [1.54, 1.807) is 0 Å². The van der Waals surface area contributed by atoms with Crippen molar-refractivity contribution >= 4 is 5.97 Å². The van der Waals surface area contributed by atoms with Gasteiger partial charge in [-0.05, 0) is 17.9 Å². The van der Waals surface area contributed by atoms with Gasteiger partial charge >= 0.3 is 5.97 Å². The number of piperidine rings is 1. The number of carbonyl (C=O) groups excluding carboxylic acids is 1. The lowest BCUT2D eigenvalue weighted by atomic mass is 9.79. The number of likely N-dealkylation sites (tertiary alicyclic amines) is 1. The highest BCUT2D eigenvalue weighted by Crippen LogP contribution is 2.37. The third kappa shape index (κ3) is 3.40. The van der Waals surface area contributed by atoms with E-state index in [2.05, 4.69) is 37.3 Å². The van der Waals surface area contributed by atoms with Crippen LogP contribution in [-0.4, -0.2) is 30.8 Å². The van der Waals surface area contributed by atoms with Crippen LogP contribution in [0.15, 0.2) is 30.3 Å². The Balaban J connectivity index is 2.10. The quantitative estimate of drug-likeness (QED) is 0.787. The highest BCUT2D eigenvalue weighted by molar-refractivity contribution is 5.68. The van der Waals surface area contributed by atoms with Crippen molar-refractivity contribution in [2.45, 2.75) is 39.0 Å². The van der Waals surface area contributed by atoms with Crippen LogP contribution in [0.2, 0.25) is 0 Å². The van der Waals surface area contributed by atoms with Crippen LogP contribution in [-0.2, 0) is 9.63 Å². The van der Waals surface area contributed by atoms with Crippen LogP contribution >= 0.6 is 0 Å². The van der Waals surface area contributed by atoms with Crippen molar-refractivity contribution < 1.29 is 14.3 Å². The van der Waals surface area contributed by atoms with E-state index in [-0.39, 0.29) is 5.97 Å². The molecule has 3 nitrogen and oxygen atoms in total. The number of quaternary nitrogens is 1. The number of carbonyl (C=O) groups is 1. The van der Waals surface area contributed by atoms with Crippen LogP contribution in [0.5, 0.6) is 0 Å². The molecule has 20 heavy (non-hydrogen) atoms. The van der Waals surface area contributed by atoms with Gasteiger partial charge in [-0.3, -0.25) is 4.84 Å². The predicted molar refractivity (Wildman–Crippen MR) is 79.9 cm³/mol. The summed E-state index contributed by atoms with van der Waals surface area (Å²) in [6, 6.07) is 10.7. The zero-order valence-corrected chi connectivity index (χ0v) is 12.8. The zero-order chi connectivity index (χ0) is 14.6. The summed E-state index contributed by atoms with van der Waals surface area (Å²) in [6.45, 7) is 5.91. The molecule has 0 N–H and O–H groups in total. The molecule has 2 rings (SSSR count). The Kier molecular flexibility index (Phi) is 4.81. The molecule has 1 fully saturated rings. The van der Waals surface area contributed by atoms with Gasteiger partial charge in [-0.15, -0.1) is 4.65 Å². The Morgan fingerprint density at radius 1 is 1.30 bits per heavy atom. The number of hydrogen-bond acceptors (Lipinski definition) is 2. The molecule has 1 heterocycles. The van der Waals surface area contributed by atoms with Crippen molar-refractivity contribution in [1.82, 2.24) is 0 Å². The van der Waals surface area contributed by atoms with Gasteiger partial charge in [-0.1, -0.05) is 44.2 Å². The van der Waals surface area contributed by atoms with Crippen molar-refractivity contribution in [1.29, 1.82) is 0 Å². The smallest absolute Gasteiger partial charge is 0.277 e. The first-order valence-electron chi connectivity index (χ1n) is 7.70. The molecule has 3 heteroatoms. The standard InChI is InChI=1S/C17H26NO2/c1-4-14-13-18(3,20-17(19)5-2)12-11-16(14)15-9-7-6-8-10-15/h6-10,14,16H,4-5,11-13H2,1-3H3/q+1/t14-,16+,18?/m0/s1.